The SMILES string of the molecule is O=C1CCC(CNC(=O)c2ccc(O)c(Cl)c2)N1. The van der Waals surface area contributed by atoms with Gasteiger partial charge >= 0.3 is 0 Å². The first-order valence-electron chi connectivity index (χ1n) is 5.62. The molecule has 1 atom stereocenters. The summed E-state index contributed by atoms with van der Waals surface area (Å²) >= 11 is 5.72. The molecule has 0 radical (unpaired) electrons. The van der Waals surface area contributed by atoms with Crippen LogP contribution in [0.25, 0.3) is 0 Å². The van der Waals surface area contributed by atoms with Crippen molar-refractivity contribution in [1.29, 1.82) is 0 Å². The van der Waals surface area contributed by atoms with Gasteiger partial charge in [0.2, 0.25) is 5.91 Å². The molecule has 1 aromatic rings. The molecule has 1 heterocycles. The quantitative estimate of drug-likeness (QED) is 0.767. The van der Waals surface area contributed by atoms with Crippen LogP contribution < -0.4 is 10.6 Å². The summed E-state index contributed by atoms with van der Waals surface area (Å²) in [6, 6.07) is 4.26. The highest BCUT2D eigenvalue weighted by Gasteiger charge is 2.21. The van der Waals surface area contributed by atoms with E-state index in [4.69, 9.17) is 11.6 Å². The lowest BCUT2D eigenvalue weighted by atomic mass is 10.2. The zero-order chi connectivity index (χ0) is 13.1. The Kier molecular flexibility index (Phi) is 3.72. The minimum absolute atomic E-state index is 0.00552. The largest absolute Gasteiger partial charge is 0.506 e. The average molecular weight is 269 g/mol. The highest BCUT2D eigenvalue weighted by molar-refractivity contribution is 6.32. The number of hydrogen-bond acceptors (Lipinski definition) is 3. The van der Waals surface area contributed by atoms with E-state index in [-0.39, 0.29) is 28.6 Å². The van der Waals surface area contributed by atoms with Crippen molar-refractivity contribution in [2.45, 2.75) is 18.9 Å². The van der Waals surface area contributed by atoms with E-state index in [1.807, 2.05) is 0 Å². The Morgan fingerprint density at radius 2 is 2.33 bits per heavy atom. The lowest BCUT2D eigenvalue weighted by Crippen LogP contribution is -2.38. The maximum atomic E-state index is 11.8. The number of benzene rings is 1. The lowest BCUT2D eigenvalue weighted by molar-refractivity contribution is -0.119. The second-order valence-electron chi connectivity index (χ2n) is 4.18. The van der Waals surface area contributed by atoms with E-state index in [1.54, 1.807) is 0 Å². The minimum Gasteiger partial charge on any atom is -0.506 e. The molecular formula is C12H13ClN2O3. The second-order valence-corrected chi connectivity index (χ2v) is 4.59. The number of carbonyl (C=O) groups excluding carboxylic acids is 2. The fourth-order valence-corrected chi connectivity index (χ4v) is 1.98. The zero-order valence-corrected chi connectivity index (χ0v) is 10.3. The molecule has 2 amide bonds. The molecule has 1 aliphatic heterocycles. The molecule has 0 aliphatic carbocycles. The third kappa shape index (κ3) is 2.92. The highest BCUT2D eigenvalue weighted by atomic mass is 35.5. The summed E-state index contributed by atoms with van der Waals surface area (Å²) in [4.78, 5) is 22.8. The standard InChI is InChI=1S/C12H13ClN2O3/c13-9-5-7(1-3-10(9)16)12(18)14-6-8-2-4-11(17)15-8/h1,3,5,8,16H,2,4,6H2,(H,14,18)(H,15,17). The number of aromatic hydroxyl groups is 1. The Morgan fingerprint density at radius 1 is 1.56 bits per heavy atom. The van der Waals surface area contributed by atoms with Gasteiger partial charge in [-0.15, -0.1) is 0 Å². The van der Waals surface area contributed by atoms with Crippen LogP contribution in [0.15, 0.2) is 18.2 Å². The molecule has 0 bridgehead atoms. The average Bonchev–Trinajstić information content (AvgIpc) is 2.75. The van der Waals surface area contributed by atoms with Crippen molar-refractivity contribution in [2.75, 3.05) is 6.54 Å². The van der Waals surface area contributed by atoms with Crippen LogP contribution in [0.4, 0.5) is 0 Å². The van der Waals surface area contributed by atoms with Gasteiger partial charge in [-0.05, 0) is 24.6 Å². The Bertz CT molecular complexity index is 490. The zero-order valence-electron chi connectivity index (χ0n) is 9.57. The molecule has 0 saturated carbocycles. The van der Waals surface area contributed by atoms with Crippen LogP contribution in [0.3, 0.4) is 0 Å². The van der Waals surface area contributed by atoms with E-state index in [1.165, 1.54) is 18.2 Å². The van der Waals surface area contributed by atoms with Gasteiger partial charge in [-0.2, -0.15) is 0 Å². The van der Waals surface area contributed by atoms with Crippen LogP contribution in [0.5, 0.6) is 5.75 Å². The molecule has 3 N–H and O–H groups in total. The smallest absolute Gasteiger partial charge is 0.251 e. The number of rotatable bonds is 3. The number of halogens is 1. The van der Waals surface area contributed by atoms with Gasteiger partial charge in [-0.25, -0.2) is 0 Å². The maximum absolute atomic E-state index is 11.8. The van der Waals surface area contributed by atoms with Gasteiger partial charge in [0.1, 0.15) is 5.75 Å². The first kappa shape index (κ1) is 12.7. The van der Waals surface area contributed by atoms with E-state index in [9.17, 15) is 14.7 Å². The van der Waals surface area contributed by atoms with Gasteiger partial charge in [-0.1, -0.05) is 11.6 Å². The lowest BCUT2D eigenvalue weighted by Gasteiger charge is -2.11. The molecule has 0 spiro atoms. The van der Waals surface area contributed by atoms with Gasteiger partial charge in [0, 0.05) is 24.6 Å². The molecule has 2 rings (SSSR count). The van der Waals surface area contributed by atoms with Crippen LogP contribution in [-0.2, 0) is 4.79 Å². The summed E-state index contributed by atoms with van der Waals surface area (Å²) in [7, 11) is 0. The number of nitrogens with one attached hydrogen (secondary N) is 2. The van der Waals surface area contributed by atoms with E-state index in [2.05, 4.69) is 10.6 Å². The summed E-state index contributed by atoms with van der Waals surface area (Å²) in [6.45, 7) is 0.392. The van der Waals surface area contributed by atoms with Crippen LogP contribution in [0, 0.1) is 0 Å². The fourth-order valence-electron chi connectivity index (χ4n) is 1.80. The summed E-state index contributed by atoms with van der Waals surface area (Å²) in [6.07, 6.45) is 1.24. The van der Waals surface area contributed by atoms with Crippen LogP contribution >= 0.6 is 11.6 Å². The normalized spacial score (nSPS) is 18.5. The summed E-state index contributed by atoms with van der Waals surface area (Å²) in [5.41, 5.74) is 0.377. The van der Waals surface area contributed by atoms with Crippen molar-refractivity contribution in [3.8, 4) is 5.75 Å². The molecular weight excluding hydrogens is 256 g/mol. The van der Waals surface area contributed by atoms with Gasteiger partial charge in [0.25, 0.3) is 5.91 Å². The molecule has 1 unspecified atom stereocenters. The van der Waals surface area contributed by atoms with Crippen LogP contribution in [-0.4, -0.2) is 29.5 Å². The van der Waals surface area contributed by atoms with Crippen molar-refractivity contribution in [2.24, 2.45) is 0 Å². The molecule has 6 heteroatoms. The van der Waals surface area contributed by atoms with Gasteiger partial charge in [-0.3, -0.25) is 9.59 Å². The number of amides is 2. The highest BCUT2D eigenvalue weighted by Crippen LogP contribution is 2.23. The van der Waals surface area contributed by atoms with Crippen molar-refractivity contribution < 1.29 is 14.7 Å². The summed E-state index contributed by atoms with van der Waals surface area (Å²) in [5, 5.41) is 14.9. The first-order valence-corrected chi connectivity index (χ1v) is 6.00. The molecule has 5 nitrogen and oxygen atoms in total. The molecule has 1 aliphatic rings. The predicted molar refractivity (Wildman–Crippen MR) is 66.6 cm³/mol. The van der Waals surface area contributed by atoms with Crippen LogP contribution in [0.2, 0.25) is 5.02 Å². The number of phenols is 1. The van der Waals surface area contributed by atoms with Gasteiger partial charge in [0.05, 0.1) is 5.02 Å². The van der Waals surface area contributed by atoms with E-state index in [0.29, 0.717) is 18.5 Å². The topological polar surface area (TPSA) is 78.4 Å². The van der Waals surface area contributed by atoms with E-state index in [0.717, 1.165) is 6.42 Å². The molecule has 18 heavy (non-hydrogen) atoms. The molecule has 1 aromatic carbocycles. The Balaban J connectivity index is 1.91. The van der Waals surface area contributed by atoms with Crippen molar-refractivity contribution in [1.82, 2.24) is 10.6 Å². The summed E-state index contributed by atoms with van der Waals surface area (Å²) < 4.78 is 0. The minimum atomic E-state index is -0.280. The van der Waals surface area contributed by atoms with E-state index < -0.39 is 0 Å². The monoisotopic (exact) mass is 268 g/mol. The number of carbonyl (C=O) groups is 2. The Labute approximate surface area is 109 Å². The third-order valence-electron chi connectivity index (χ3n) is 2.80. The molecule has 0 aromatic heterocycles. The van der Waals surface area contributed by atoms with Crippen molar-refractivity contribution in [3.05, 3.63) is 28.8 Å². The first-order chi connectivity index (χ1) is 8.56. The third-order valence-corrected chi connectivity index (χ3v) is 3.11. The second kappa shape index (κ2) is 5.27. The Hall–Kier alpha value is -1.75. The maximum Gasteiger partial charge on any atom is 0.251 e. The number of hydrogen-bond donors (Lipinski definition) is 3. The Morgan fingerprint density at radius 3 is 2.94 bits per heavy atom. The van der Waals surface area contributed by atoms with E-state index >= 15 is 0 Å². The van der Waals surface area contributed by atoms with Gasteiger partial charge < -0.3 is 15.7 Å². The molecule has 96 valence electrons. The summed E-state index contributed by atoms with van der Waals surface area (Å²) in [5.74, 6) is -0.323. The van der Waals surface area contributed by atoms with Crippen molar-refractivity contribution >= 4 is 23.4 Å². The van der Waals surface area contributed by atoms with Gasteiger partial charge in [0.15, 0.2) is 0 Å². The van der Waals surface area contributed by atoms with Crippen molar-refractivity contribution in [3.63, 3.8) is 0 Å². The predicted octanol–water partition coefficient (Wildman–Crippen LogP) is 1.05. The fraction of sp³-hybridized carbons (Fsp3) is 0.333. The number of phenolic OH excluding ortho intramolecular Hbond substituents is 1. The van der Waals surface area contributed by atoms with Crippen LogP contribution in [0.1, 0.15) is 23.2 Å². The molecule has 1 fully saturated rings. The molecule has 1 saturated heterocycles.